The molecule has 1 amide bonds. The first kappa shape index (κ1) is 14.2. The number of benzene rings is 1. The van der Waals surface area contributed by atoms with Crippen LogP contribution in [0, 0.1) is 0 Å². The second-order valence-electron chi connectivity index (χ2n) is 4.90. The fraction of sp³-hybridized carbons (Fsp3) is 0.429. The molecule has 1 aromatic rings. The van der Waals surface area contributed by atoms with Gasteiger partial charge in [0.1, 0.15) is 0 Å². The minimum absolute atomic E-state index is 0.0607. The van der Waals surface area contributed by atoms with Gasteiger partial charge in [0.05, 0.1) is 12.1 Å². The van der Waals surface area contributed by atoms with E-state index in [-0.39, 0.29) is 23.7 Å². The molecule has 2 rings (SSSR count). The number of hydrogen-bond acceptors (Lipinski definition) is 4. The molecule has 1 heterocycles. The van der Waals surface area contributed by atoms with Crippen molar-refractivity contribution in [3.63, 3.8) is 0 Å². The van der Waals surface area contributed by atoms with E-state index < -0.39 is 5.97 Å². The van der Waals surface area contributed by atoms with Crippen molar-refractivity contribution in [3.05, 3.63) is 23.8 Å². The number of carboxylic acid groups (broad SMARTS) is 1. The molecular weight excluding hydrogens is 258 g/mol. The second kappa shape index (κ2) is 6.27. The maximum Gasteiger partial charge on any atom is 0.337 e. The van der Waals surface area contributed by atoms with Crippen LogP contribution < -0.4 is 11.1 Å². The highest BCUT2D eigenvalue weighted by molar-refractivity contribution is 5.94. The number of likely N-dealkylation sites (tertiary alicyclic amines) is 1. The molecule has 6 heteroatoms. The van der Waals surface area contributed by atoms with Crippen LogP contribution in [0.1, 0.15) is 29.6 Å². The molecule has 0 spiro atoms. The third kappa shape index (κ3) is 3.40. The number of carbonyl (C=O) groups is 2. The summed E-state index contributed by atoms with van der Waals surface area (Å²) < 4.78 is 0. The summed E-state index contributed by atoms with van der Waals surface area (Å²) in [6, 6.07) is 4.58. The maximum atomic E-state index is 12.0. The van der Waals surface area contributed by atoms with Crippen LogP contribution in [-0.4, -0.2) is 41.5 Å². The fourth-order valence-electron chi connectivity index (χ4n) is 2.30. The summed E-state index contributed by atoms with van der Waals surface area (Å²) >= 11 is 0. The quantitative estimate of drug-likeness (QED) is 0.723. The predicted molar refractivity (Wildman–Crippen MR) is 76.7 cm³/mol. The van der Waals surface area contributed by atoms with Gasteiger partial charge in [-0.15, -0.1) is 0 Å². The van der Waals surface area contributed by atoms with E-state index in [1.54, 1.807) is 6.07 Å². The van der Waals surface area contributed by atoms with Crippen molar-refractivity contribution in [1.82, 2.24) is 4.90 Å². The van der Waals surface area contributed by atoms with Gasteiger partial charge in [-0.2, -0.15) is 0 Å². The molecule has 20 heavy (non-hydrogen) atoms. The molecule has 1 aromatic carbocycles. The van der Waals surface area contributed by atoms with E-state index in [2.05, 4.69) is 5.32 Å². The highest BCUT2D eigenvalue weighted by Crippen LogP contribution is 2.18. The van der Waals surface area contributed by atoms with Gasteiger partial charge >= 0.3 is 5.97 Å². The van der Waals surface area contributed by atoms with Gasteiger partial charge in [-0.3, -0.25) is 4.79 Å². The number of nitrogens with two attached hydrogens (primary N) is 1. The second-order valence-corrected chi connectivity index (χ2v) is 4.90. The van der Waals surface area contributed by atoms with Crippen molar-refractivity contribution in [3.8, 4) is 0 Å². The molecule has 0 aromatic heterocycles. The van der Waals surface area contributed by atoms with Gasteiger partial charge in [0.25, 0.3) is 0 Å². The summed E-state index contributed by atoms with van der Waals surface area (Å²) in [5.41, 5.74) is 6.56. The monoisotopic (exact) mass is 277 g/mol. The summed E-state index contributed by atoms with van der Waals surface area (Å²) in [6.45, 7) is 1.84. The maximum absolute atomic E-state index is 12.0. The third-order valence-corrected chi connectivity index (χ3v) is 3.43. The van der Waals surface area contributed by atoms with Gasteiger partial charge < -0.3 is 21.1 Å². The molecule has 0 saturated carbocycles. The standard InChI is InChI=1S/C14H19N3O3/c15-12-8-10(4-5-11(12)14(19)20)16-9-13(18)17-6-2-1-3-7-17/h4-5,8,16H,1-3,6-7,9,15H2,(H,19,20). The zero-order valence-electron chi connectivity index (χ0n) is 11.3. The van der Waals surface area contributed by atoms with Gasteiger partial charge in [0, 0.05) is 24.5 Å². The highest BCUT2D eigenvalue weighted by atomic mass is 16.4. The normalized spacial score (nSPS) is 14.9. The topological polar surface area (TPSA) is 95.7 Å². The van der Waals surface area contributed by atoms with Crippen LogP contribution >= 0.6 is 0 Å². The van der Waals surface area contributed by atoms with Crippen molar-refractivity contribution >= 4 is 23.3 Å². The molecule has 0 aliphatic carbocycles. The lowest BCUT2D eigenvalue weighted by Crippen LogP contribution is -2.39. The average Bonchev–Trinajstić information content (AvgIpc) is 2.45. The molecule has 1 aliphatic heterocycles. The first-order chi connectivity index (χ1) is 9.58. The number of nitrogen functional groups attached to an aromatic ring is 1. The molecule has 1 fully saturated rings. The van der Waals surface area contributed by atoms with Gasteiger partial charge in [0.15, 0.2) is 0 Å². The number of piperidine rings is 1. The van der Waals surface area contributed by atoms with E-state index in [0.29, 0.717) is 5.69 Å². The Labute approximate surface area is 117 Å². The van der Waals surface area contributed by atoms with E-state index in [9.17, 15) is 9.59 Å². The molecule has 6 nitrogen and oxygen atoms in total. The number of rotatable bonds is 4. The number of anilines is 2. The minimum Gasteiger partial charge on any atom is -0.478 e. The van der Waals surface area contributed by atoms with Crippen LogP contribution in [0.25, 0.3) is 0 Å². The molecule has 1 saturated heterocycles. The molecule has 4 N–H and O–H groups in total. The summed E-state index contributed by atoms with van der Waals surface area (Å²) in [6.07, 6.45) is 3.31. The third-order valence-electron chi connectivity index (χ3n) is 3.43. The summed E-state index contributed by atoms with van der Waals surface area (Å²) in [5, 5.41) is 11.9. The molecule has 0 bridgehead atoms. The van der Waals surface area contributed by atoms with Gasteiger partial charge in [0.2, 0.25) is 5.91 Å². The van der Waals surface area contributed by atoms with Crippen molar-refractivity contribution in [1.29, 1.82) is 0 Å². The first-order valence-electron chi connectivity index (χ1n) is 6.72. The van der Waals surface area contributed by atoms with E-state index in [1.807, 2.05) is 4.90 Å². The van der Waals surface area contributed by atoms with Crippen molar-refractivity contribution in [2.24, 2.45) is 0 Å². The number of amides is 1. The summed E-state index contributed by atoms with van der Waals surface area (Å²) in [5.74, 6) is -0.996. The number of hydrogen-bond donors (Lipinski definition) is 3. The molecule has 1 aliphatic rings. The molecule has 0 radical (unpaired) electrons. The summed E-state index contributed by atoms with van der Waals surface area (Å²) in [7, 11) is 0. The van der Waals surface area contributed by atoms with Gasteiger partial charge in [-0.1, -0.05) is 0 Å². The Morgan fingerprint density at radius 3 is 2.55 bits per heavy atom. The van der Waals surface area contributed by atoms with E-state index in [1.165, 1.54) is 18.6 Å². The van der Waals surface area contributed by atoms with Crippen LogP contribution in [0.4, 0.5) is 11.4 Å². The van der Waals surface area contributed by atoms with Gasteiger partial charge in [-0.05, 0) is 37.5 Å². The van der Waals surface area contributed by atoms with Crippen molar-refractivity contribution in [2.45, 2.75) is 19.3 Å². The van der Waals surface area contributed by atoms with Crippen LogP contribution in [0.5, 0.6) is 0 Å². The molecule has 0 atom stereocenters. The number of nitrogens with one attached hydrogen (secondary N) is 1. The van der Waals surface area contributed by atoms with Crippen LogP contribution in [0.15, 0.2) is 18.2 Å². The lowest BCUT2D eigenvalue weighted by Gasteiger charge is -2.26. The number of carboxylic acids is 1. The first-order valence-corrected chi connectivity index (χ1v) is 6.72. The Hall–Kier alpha value is -2.24. The van der Waals surface area contributed by atoms with Crippen LogP contribution in [-0.2, 0) is 4.79 Å². The summed E-state index contributed by atoms with van der Waals surface area (Å²) in [4.78, 5) is 24.7. The number of nitrogens with zero attached hydrogens (tertiary/aromatic N) is 1. The minimum atomic E-state index is -1.06. The Kier molecular flexibility index (Phi) is 4.45. The fourth-order valence-corrected chi connectivity index (χ4v) is 2.30. The SMILES string of the molecule is Nc1cc(NCC(=O)N2CCCCC2)ccc1C(=O)O. The lowest BCUT2D eigenvalue weighted by atomic mass is 10.1. The smallest absolute Gasteiger partial charge is 0.337 e. The van der Waals surface area contributed by atoms with E-state index >= 15 is 0 Å². The molecule has 0 unspecified atom stereocenters. The largest absolute Gasteiger partial charge is 0.478 e. The lowest BCUT2D eigenvalue weighted by molar-refractivity contribution is -0.130. The van der Waals surface area contributed by atoms with Crippen molar-refractivity contribution in [2.75, 3.05) is 30.7 Å². The van der Waals surface area contributed by atoms with E-state index in [4.69, 9.17) is 10.8 Å². The van der Waals surface area contributed by atoms with E-state index in [0.717, 1.165) is 25.9 Å². The van der Waals surface area contributed by atoms with Gasteiger partial charge in [-0.25, -0.2) is 4.79 Å². The highest BCUT2D eigenvalue weighted by Gasteiger charge is 2.16. The molecule has 108 valence electrons. The van der Waals surface area contributed by atoms with Crippen LogP contribution in [0.2, 0.25) is 0 Å². The zero-order chi connectivity index (χ0) is 14.5. The zero-order valence-corrected chi connectivity index (χ0v) is 11.3. The average molecular weight is 277 g/mol. The number of aromatic carboxylic acids is 1. The Bertz CT molecular complexity index is 510. The number of carbonyl (C=O) groups excluding carboxylic acids is 1. The Morgan fingerprint density at radius 2 is 1.95 bits per heavy atom. The van der Waals surface area contributed by atoms with Crippen LogP contribution in [0.3, 0.4) is 0 Å². The Morgan fingerprint density at radius 1 is 1.25 bits per heavy atom. The Balaban J connectivity index is 1.92. The molecular formula is C14H19N3O3. The van der Waals surface area contributed by atoms with Crippen molar-refractivity contribution < 1.29 is 14.7 Å². The predicted octanol–water partition coefficient (Wildman–Crippen LogP) is 1.39.